The molecule has 0 aromatic heterocycles. The van der Waals surface area contributed by atoms with Crippen LogP contribution in [-0.4, -0.2) is 7.05 Å². The van der Waals surface area contributed by atoms with Crippen molar-refractivity contribution in [3.8, 4) is 0 Å². The molecule has 0 spiro atoms. The first-order valence-electron chi connectivity index (χ1n) is 6.31. The molecule has 0 aliphatic heterocycles. The smallest absolute Gasteiger partial charge is 0.0329 e. The maximum Gasteiger partial charge on any atom is 0.0329 e. The molecule has 96 valence electrons. The third-order valence-electron chi connectivity index (χ3n) is 3.03. The Bertz CT molecular complexity index is 341. The summed E-state index contributed by atoms with van der Waals surface area (Å²) in [5.74, 6) is 0. The lowest BCUT2D eigenvalue weighted by Crippen LogP contribution is -2.17. The van der Waals surface area contributed by atoms with Gasteiger partial charge in [-0.3, -0.25) is 0 Å². The second-order valence-electron chi connectivity index (χ2n) is 4.36. The molecule has 1 atom stereocenters. The van der Waals surface area contributed by atoms with Gasteiger partial charge in [-0.1, -0.05) is 48.5 Å². The van der Waals surface area contributed by atoms with E-state index in [1.807, 2.05) is 0 Å². The predicted octanol–water partition coefficient (Wildman–Crippen LogP) is 5.28. The van der Waals surface area contributed by atoms with Crippen LogP contribution in [-0.2, 0) is 0 Å². The number of unbranched alkanes of at least 4 members (excludes halogenated alkanes) is 3. The highest BCUT2D eigenvalue weighted by Gasteiger charge is 2.12. The van der Waals surface area contributed by atoms with Gasteiger partial charge in [0.05, 0.1) is 0 Å². The van der Waals surface area contributed by atoms with Gasteiger partial charge >= 0.3 is 0 Å². The summed E-state index contributed by atoms with van der Waals surface area (Å²) in [6.07, 6.45) is 6.52. The van der Waals surface area contributed by atoms with E-state index in [-0.39, 0.29) is 0 Å². The van der Waals surface area contributed by atoms with Crippen molar-refractivity contribution in [1.29, 1.82) is 0 Å². The molecule has 0 bridgehead atoms. The van der Waals surface area contributed by atoms with Crippen LogP contribution in [0.1, 0.15) is 50.6 Å². The van der Waals surface area contributed by atoms with Gasteiger partial charge in [0.2, 0.25) is 0 Å². The van der Waals surface area contributed by atoms with Crippen LogP contribution in [0, 0.1) is 3.57 Å². The van der Waals surface area contributed by atoms with Crippen LogP contribution in [0.2, 0.25) is 0 Å². The molecule has 0 amide bonds. The summed E-state index contributed by atoms with van der Waals surface area (Å²) in [5.41, 5.74) is 1.39. The largest absolute Gasteiger partial charge is 0.313 e. The van der Waals surface area contributed by atoms with Crippen LogP contribution in [0.25, 0.3) is 0 Å². The number of benzene rings is 1. The molecule has 1 N–H and O–H groups in total. The van der Waals surface area contributed by atoms with E-state index < -0.39 is 0 Å². The van der Waals surface area contributed by atoms with Crippen molar-refractivity contribution in [3.05, 3.63) is 31.8 Å². The quantitative estimate of drug-likeness (QED) is 0.476. The second-order valence-corrected chi connectivity index (χ2v) is 6.46. The standard InChI is InChI=1S/C14H21BrIN/c1-3-4-5-6-7-14(17-2)12-10-11(16)8-9-13(12)15/h8-10,14,17H,3-7H2,1-2H3. The van der Waals surface area contributed by atoms with E-state index >= 15 is 0 Å². The van der Waals surface area contributed by atoms with Gasteiger partial charge in [-0.15, -0.1) is 0 Å². The summed E-state index contributed by atoms with van der Waals surface area (Å²) in [4.78, 5) is 0. The summed E-state index contributed by atoms with van der Waals surface area (Å²) in [6, 6.07) is 7.02. The fraction of sp³-hybridized carbons (Fsp3) is 0.571. The van der Waals surface area contributed by atoms with Crippen LogP contribution in [0.5, 0.6) is 0 Å². The Labute approximate surface area is 127 Å². The monoisotopic (exact) mass is 409 g/mol. The normalized spacial score (nSPS) is 12.7. The van der Waals surface area contributed by atoms with Crippen LogP contribution in [0.4, 0.5) is 0 Å². The number of hydrogen-bond donors (Lipinski definition) is 1. The highest BCUT2D eigenvalue weighted by molar-refractivity contribution is 14.1. The molecule has 0 aliphatic rings. The van der Waals surface area contributed by atoms with E-state index in [1.165, 1.54) is 45.7 Å². The SMILES string of the molecule is CCCCCCC(NC)c1cc(I)ccc1Br. The first kappa shape index (κ1) is 15.4. The Balaban J connectivity index is 2.62. The summed E-state index contributed by atoms with van der Waals surface area (Å²) < 4.78 is 2.52. The Hall–Kier alpha value is 0.390. The molecule has 1 unspecified atom stereocenters. The molecule has 0 radical (unpaired) electrons. The van der Waals surface area contributed by atoms with Crippen molar-refractivity contribution in [2.24, 2.45) is 0 Å². The van der Waals surface area contributed by atoms with Gasteiger partial charge in [0.25, 0.3) is 0 Å². The Morgan fingerprint density at radius 3 is 2.71 bits per heavy atom. The molecule has 1 rings (SSSR count). The average Bonchev–Trinajstić information content (AvgIpc) is 2.33. The van der Waals surface area contributed by atoms with E-state index in [4.69, 9.17) is 0 Å². The van der Waals surface area contributed by atoms with Crippen LogP contribution >= 0.6 is 38.5 Å². The minimum atomic E-state index is 0.468. The lowest BCUT2D eigenvalue weighted by molar-refractivity contribution is 0.503. The van der Waals surface area contributed by atoms with E-state index in [2.05, 4.69) is 76.0 Å². The topological polar surface area (TPSA) is 12.0 Å². The lowest BCUT2D eigenvalue weighted by Gasteiger charge is -2.18. The average molecular weight is 410 g/mol. The number of hydrogen-bond acceptors (Lipinski definition) is 1. The van der Waals surface area contributed by atoms with Crippen molar-refractivity contribution in [2.45, 2.75) is 45.1 Å². The van der Waals surface area contributed by atoms with E-state index in [0.717, 1.165) is 0 Å². The van der Waals surface area contributed by atoms with Gasteiger partial charge in [-0.05, 0) is 59.8 Å². The van der Waals surface area contributed by atoms with Gasteiger partial charge in [-0.2, -0.15) is 0 Å². The van der Waals surface area contributed by atoms with Crippen molar-refractivity contribution in [2.75, 3.05) is 7.05 Å². The van der Waals surface area contributed by atoms with Crippen molar-refractivity contribution >= 4 is 38.5 Å². The van der Waals surface area contributed by atoms with Crippen molar-refractivity contribution in [3.63, 3.8) is 0 Å². The minimum absolute atomic E-state index is 0.468. The molecule has 0 aliphatic carbocycles. The minimum Gasteiger partial charge on any atom is -0.313 e. The third-order valence-corrected chi connectivity index (χ3v) is 4.42. The maximum atomic E-state index is 3.65. The Kier molecular flexibility index (Phi) is 7.71. The molecule has 17 heavy (non-hydrogen) atoms. The van der Waals surface area contributed by atoms with Crippen molar-refractivity contribution < 1.29 is 0 Å². The number of rotatable bonds is 7. The summed E-state index contributed by atoms with van der Waals surface area (Å²) in [6.45, 7) is 2.26. The highest BCUT2D eigenvalue weighted by Crippen LogP contribution is 2.28. The van der Waals surface area contributed by atoms with Gasteiger partial charge in [-0.25, -0.2) is 0 Å². The van der Waals surface area contributed by atoms with Gasteiger partial charge in [0, 0.05) is 14.1 Å². The third kappa shape index (κ3) is 5.26. The van der Waals surface area contributed by atoms with Crippen molar-refractivity contribution in [1.82, 2.24) is 5.32 Å². The molecular formula is C14H21BrIN. The Morgan fingerprint density at radius 1 is 1.29 bits per heavy atom. The zero-order valence-electron chi connectivity index (χ0n) is 10.6. The van der Waals surface area contributed by atoms with Gasteiger partial charge in [0.15, 0.2) is 0 Å². The molecule has 0 saturated heterocycles. The molecule has 1 aromatic carbocycles. The van der Waals surface area contributed by atoms with E-state index in [1.54, 1.807) is 0 Å². The molecule has 0 fully saturated rings. The fourth-order valence-corrected chi connectivity index (χ4v) is 3.05. The van der Waals surface area contributed by atoms with Gasteiger partial charge < -0.3 is 5.32 Å². The number of nitrogens with one attached hydrogen (secondary N) is 1. The summed E-state index contributed by atoms with van der Waals surface area (Å²) in [7, 11) is 2.05. The summed E-state index contributed by atoms with van der Waals surface area (Å²) in [5, 5.41) is 3.43. The van der Waals surface area contributed by atoms with E-state index in [9.17, 15) is 0 Å². The van der Waals surface area contributed by atoms with Gasteiger partial charge in [0.1, 0.15) is 0 Å². The molecule has 0 saturated carbocycles. The first-order valence-corrected chi connectivity index (χ1v) is 8.18. The van der Waals surface area contributed by atoms with E-state index in [0.29, 0.717) is 6.04 Å². The van der Waals surface area contributed by atoms with Crippen LogP contribution in [0.15, 0.2) is 22.7 Å². The first-order chi connectivity index (χ1) is 8.19. The predicted molar refractivity (Wildman–Crippen MR) is 87.4 cm³/mol. The summed E-state index contributed by atoms with van der Waals surface area (Å²) >= 11 is 6.03. The van der Waals surface area contributed by atoms with Crippen LogP contribution < -0.4 is 5.32 Å². The highest BCUT2D eigenvalue weighted by atomic mass is 127. The van der Waals surface area contributed by atoms with Crippen LogP contribution in [0.3, 0.4) is 0 Å². The maximum absolute atomic E-state index is 3.65. The number of halogens is 2. The molecular weight excluding hydrogens is 389 g/mol. The molecule has 0 heterocycles. The molecule has 1 nitrogen and oxygen atoms in total. The zero-order chi connectivity index (χ0) is 12.7. The molecule has 3 heteroatoms. The second kappa shape index (κ2) is 8.48. The Morgan fingerprint density at radius 2 is 2.06 bits per heavy atom. The fourth-order valence-electron chi connectivity index (χ4n) is 2.01. The lowest BCUT2D eigenvalue weighted by atomic mass is 10.0. The zero-order valence-corrected chi connectivity index (χ0v) is 14.3. The molecule has 1 aromatic rings.